The van der Waals surface area contributed by atoms with Gasteiger partial charge in [-0.05, 0) is 25.0 Å². The summed E-state index contributed by atoms with van der Waals surface area (Å²) in [4.78, 5) is 4.45. The molecule has 3 heteroatoms. The highest BCUT2D eigenvalue weighted by Crippen LogP contribution is 2.29. The summed E-state index contributed by atoms with van der Waals surface area (Å²) in [5, 5.41) is 5.72. The van der Waals surface area contributed by atoms with Gasteiger partial charge in [0.05, 0.1) is 7.11 Å². The fraction of sp³-hybridized carbons (Fsp3) is 0.400. The van der Waals surface area contributed by atoms with Crippen molar-refractivity contribution in [2.75, 3.05) is 12.4 Å². The lowest BCUT2D eigenvalue weighted by Crippen LogP contribution is -2.17. The van der Waals surface area contributed by atoms with E-state index in [1.54, 1.807) is 7.11 Å². The molecule has 3 nitrogen and oxygen atoms in total. The molecular formula is C15H20N2O. The molecule has 1 heterocycles. The Kier molecular flexibility index (Phi) is 4.03. The molecular weight excluding hydrogens is 224 g/mol. The predicted octanol–water partition coefficient (Wildman–Crippen LogP) is 3.84. The van der Waals surface area contributed by atoms with Crippen molar-refractivity contribution in [3.05, 3.63) is 30.5 Å². The summed E-state index contributed by atoms with van der Waals surface area (Å²) in [5.74, 6) is 1.84. The van der Waals surface area contributed by atoms with Crippen molar-refractivity contribution in [2.45, 2.75) is 32.7 Å². The standard InChI is InChI=1S/C15H20N2O/c1-4-11(5-2)17-15-13-7-6-8-14(18-3)12(13)9-10-16-15/h6-11H,4-5H2,1-3H3,(H,16,17). The summed E-state index contributed by atoms with van der Waals surface area (Å²) in [6.45, 7) is 4.37. The van der Waals surface area contributed by atoms with Crippen LogP contribution in [0.3, 0.4) is 0 Å². The van der Waals surface area contributed by atoms with Crippen molar-refractivity contribution in [1.82, 2.24) is 4.98 Å². The van der Waals surface area contributed by atoms with E-state index in [9.17, 15) is 0 Å². The third-order valence-electron chi connectivity index (χ3n) is 3.31. The number of benzene rings is 1. The third-order valence-corrected chi connectivity index (χ3v) is 3.31. The second-order valence-electron chi connectivity index (χ2n) is 4.37. The Labute approximate surface area is 108 Å². The Balaban J connectivity index is 2.45. The van der Waals surface area contributed by atoms with Crippen LogP contribution in [0.15, 0.2) is 30.5 Å². The van der Waals surface area contributed by atoms with Crippen LogP contribution in [0.25, 0.3) is 10.8 Å². The van der Waals surface area contributed by atoms with E-state index in [1.165, 1.54) is 0 Å². The van der Waals surface area contributed by atoms with E-state index in [4.69, 9.17) is 4.74 Å². The minimum atomic E-state index is 0.467. The highest BCUT2D eigenvalue weighted by atomic mass is 16.5. The van der Waals surface area contributed by atoms with Gasteiger partial charge in [-0.25, -0.2) is 4.98 Å². The fourth-order valence-corrected chi connectivity index (χ4v) is 2.16. The Hall–Kier alpha value is -1.77. The van der Waals surface area contributed by atoms with Crippen LogP contribution in [0.1, 0.15) is 26.7 Å². The van der Waals surface area contributed by atoms with E-state index in [0.717, 1.165) is 35.2 Å². The summed E-state index contributed by atoms with van der Waals surface area (Å²) >= 11 is 0. The Bertz CT molecular complexity index is 521. The summed E-state index contributed by atoms with van der Waals surface area (Å²) in [6, 6.07) is 8.51. The molecule has 1 N–H and O–H groups in total. The molecule has 18 heavy (non-hydrogen) atoms. The van der Waals surface area contributed by atoms with E-state index >= 15 is 0 Å². The molecule has 2 rings (SSSR count). The van der Waals surface area contributed by atoms with Gasteiger partial charge in [0.25, 0.3) is 0 Å². The molecule has 1 aromatic heterocycles. The van der Waals surface area contributed by atoms with E-state index in [2.05, 4.69) is 30.2 Å². The summed E-state index contributed by atoms with van der Waals surface area (Å²) < 4.78 is 5.38. The molecule has 0 amide bonds. The van der Waals surface area contributed by atoms with Gasteiger partial charge in [-0.15, -0.1) is 0 Å². The zero-order chi connectivity index (χ0) is 13.0. The molecule has 0 fully saturated rings. The SMILES string of the molecule is CCC(CC)Nc1nccc2c(OC)cccc12. The predicted molar refractivity (Wildman–Crippen MR) is 76.3 cm³/mol. The summed E-state index contributed by atoms with van der Waals surface area (Å²) in [7, 11) is 1.70. The maximum atomic E-state index is 5.38. The maximum Gasteiger partial charge on any atom is 0.134 e. The van der Waals surface area contributed by atoms with E-state index in [0.29, 0.717) is 6.04 Å². The first-order valence-corrected chi connectivity index (χ1v) is 6.48. The van der Waals surface area contributed by atoms with Gasteiger partial charge in [0.1, 0.15) is 11.6 Å². The number of methoxy groups -OCH3 is 1. The number of hydrogen-bond donors (Lipinski definition) is 1. The Morgan fingerprint density at radius 3 is 2.61 bits per heavy atom. The van der Waals surface area contributed by atoms with Crippen LogP contribution < -0.4 is 10.1 Å². The number of fused-ring (bicyclic) bond motifs is 1. The molecule has 0 aliphatic heterocycles. The monoisotopic (exact) mass is 244 g/mol. The van der Waals surface area contributed by atoms with Gasteiger partial charge in [-0.3, -0.25) is 0 Å². The van der Waals surface area contributed by atoms with Crippen LogP contribution in [-0.2, 0) is 0 Å². The van der Waals surface area contributed by atoms with Crippen LogP contribution in [0.4, 0.5) is 5.82 Å². The van der Waals surface area contributed by atoms with Gasteiger partial charge < -0.3 is 10.1 Å². The topological polar surface area (TPSA) is 34.2 Å². The first-order valence-electron chi connectivity index (χ1n) is 6.48. The third kappa shape index (κ3) is 2.40. The van der Waals surface area contributed by atoms with Crippen molar-refractivity contribution < 1.29 is 4.74 Å². The average Bonchev–Trinajstić information content (AvgIpc) is 2.44. The molecule has 0 aliphatic rings. The smallest absolute Gasteiger partial charge is 0.134 e. The van der Waals surface area contributed by atoms with Crippen LogP contribution in [0, 0.1) is 0 Å². The first kappa shape index (κ1) is 12.7. The average molecular weight is 244 g/mol. The van der Waals surface area contributed by atoms with E-state index < -0.39 is 0 Å². The first-order chi connectivity index (χ1) is 8.80. The minimum Gasteiger partial charge on any atom is -0.496 e. The van der Waals surface area contributed by atoms with Gasteiger partial charge in [-0.1, -0.05) is 26.0 Å². The Morgan fingerprint density at radius 1 is 1.17 bits per heavy atom. The number of ether oxygens (including phenoxy) is 1. The molecule has 96 valence electrons. The van der Waals surface area contributed by atoms with Crippen LogP contribution in [0.2, 0.25) is 0 Å². The molecule has 0 saturated heterocycles. The molecule has 0 atom stereocenters. The van der Waals surface area contributed by atoms with Gasteiger partial charge in [-0.2, -0.15) is 0 Å². The lowest BCUT2D eigenvalue weighted by molar-refractivity contribution is 0.420. The summed E-state index contributed by atoms with van der Waals surface area (Å²) in [5.41, 5.74) is 0. The largest absolute Gasteiger partial charge is 0.496 e. The number of nitrogens with one attached hydrogen (secondary N) is 1. The molecule has 1 aromatic carbocycles. The maximum absolute atomic E-state index is 5.38. The minimum absolute atomic E-state index is 0.467. The molecule has 0 saturated carbocycles. The quantitative estimate of drug-likeness (QED) is 0.867. The van der Waals surface area contributed by atoms with Gasteiger partial charge >= 0.3 is 0 Å². The second kappa shape index (κ2) is 5.71. The van der Waals surface area contributed by atoms with Crippen molar-refractivity contribution in [2.24, 2.45) is 0 Å². The van der Waals surface area contributed by atoms with Crippen molar-refractivity contribution >= 4 is 16.6 Å². The number of hydrogen-bond acceptors (Lipinski definition) is 3. The number of anilines is 1. The number of aromatic nitrogens is 1. The number of rotatable bonds is 5. The normalized spacial score (nSPS) is 10.9. The zero-order valence-corrected chi connectivity index (χ0v) is 11.2. The van der Waals surface area contributed by atoms with Crippen molar-refractivity contribution in [3.8, 4) is 5.75 Å². The molecule has 0 bridgehead atoms. The number of pyridine rings is 1. The van der Waals surface area contributed by atoms with E-state index in [1.807, 2.05) is 24.4 Å². The van der Waals surface area contributed by atoms with Crippen LogP contribution >= 0.6 is 0 Å². The molecule has 2 aromatic rings. The lowest BCUT2D eigenvalue weighted by atomic mass is 10.1. The van der Waals surface area contributed by atoms with Gasteiger partial charge in [0, 0.05) is 23.0 Å². The molecule has 0 spiro atoms. The van der Waals surface area contributed by atoms with Gasteiger partial charge in [0.2, 0.25) is 0 Å². The van der Waals surface area contributed by atoms with Crippen molar-refractivity contribution in [1.29, 1.82) is 0 Å². The highest BCUT2D eigenvalue weighted by molar-refractivity contribution is 5.95. The number of nitrogens with zero attached hydrogens (tertiary/aromatic N) is 1. The molecule has 0 aliphatic carbocycles. The summed E-state index contributed by atoms with van der Waals surface area (Å²) in [6.07, 6.45) is 4.02. The van der Waals surface area contributed by atoms with Crippen molar-refractivity contribution in [3.63, 3.8) is 0 Å². The van der Waals surface area contributed by atoms with Gasteiger partial charge in [0.15, 0.2) is 0 Å². The molecule has 0 radical (unpaired) electrons. The lowest BCUT2D eigenvalue weighted by Gasteiger charge is -2.17. The van der Waals surface area contributed by atoms with E-state index in [-0.39, 0.29) is 0 Å². The Morgan fingerprint density at radius 2 is 1.94 bits per heavy atom. The fourth-order valence-electron chi connectivity index (χ4n) is 2.16. The molecule has 0 unspecified atom stereocenters. The van der Waals surface area contributed by atoms with Crippen LogP contribution in [0.5, 0.6) is 5.75 Å². The zero-order valence-electron chi connectivity index (χ0n) is 11.2. The second-order valence-corrected chi connectivity index (χ2v) is 4.37. The highest BCUT2D eigenvalue weighted by Gasteiger charge is 2.09. The van der Waals surface area contributed by atoms with Crippen LogP contribution in [-0.4, -0.2) is 18.1 Å².